The van der Waals surface area contributed by atoms with E-state index in [1.165, 1.54) is 4.31 Å². The normalized spacial score (nSPS) is 12.4. The van der Waals surface area contributed by atoms with Crippen LogP contribution in [0.15, 0.2) is 28.8 Å². The smallest absolute Gasteiger partial charge is 0.214 e. The van der Waals surface area contributed by atoms with Crippen molar-refractivity contribution in [1.82, 2.24) is 9.29 Å². The summed E-state index contributed by atoms with van der Waals surface area (Å²) in [6, 6.07) is 5.51. The Morgan fingerprint density at radius 2 is 1.89 bits per heavy atom. The Labute approximate surface area is 165 Å². The van der Waals surface area contributed by atoms with Gasteiger partial charge in [0.1, 0.15) is 11.3 Å². The van der Waals surface area contributed by atoms with Crippen molar-refractivity contribution in [2.24, 2.45) is 5.92 Å². The van der Waals surface area contributed by atoms with Gasteiger partial charge in [0.15, 0.2) is 17.1 Å². The van der Waals surface area contributed by atoms with E-state index in [-0.39, 0.29) is 18.2 Å². The minimum absolute atomic E-state index is 0.0475. The summed E-state index contributed by atoms with van der Waals surface area (Å²) in [7, 11) is -0.231. The molecule has 0 aliphatic rings. The van der Waals surface area contributed by atoms with E-state index in [4.69, 9.17) is 13.9 Å². The highest BCUT2D eigenvalue weighted by Crippen LogP contribution is 2.43. The number of methoxy groups -OCH3 is 2. The minimum atomic E-state index is -3.38. The van der Waals surface area contributed by atoms with Crippen molar-refractivity contribution >= 4 is 31.9 Å². The van der Waals surface area contributed by atoms with Gasteiger partial charge in [0, 0.05) is 12.7 Å². The van der Waals surface area contributed by atoms with Gasteiger partial charge in [-0.3, -0.25) is 4.98 Å². The molecular weight excluding hydrogens is 380 g/mol. The van der Waals surface area contributed by atoms with Gasteiger partial charge in [-0.2, -0.15) is 4.31 Å². The number of hydrogen-bond donors (Lipinski definition) is 0. The lowest BCUT2D eigenvalue weighted by Crippen LogP contribution is -2.33. The summed E-state index contributed by atoms with van der Waals surface area (Å²) in [5.41, 5.74) is 1.19. The summed E-state index contributed by atoms with van der Waals surface area (Å²) >= 11 is 0. The van der Waals surface area contributed by atoms with E-state index in [1.807, 2.05) is 32.9 Å². The molecule has 0 unspecified atom stereocenters. The Morgan fingerprint density at radius 1 is 1.18 bits per heavy atom. The average Bonchev–Trinajstić information content (AvgIpc) is 3.05. The maximum absolute atomic E-state index is 12.7. The molecule has 0 bridgehead atoms. The molecule has 2 aromatic heterocycles. The third-order valence-corrected chi connectivity index (χ3v) is 6.79. The molecule has 0 amide bonds. The molecule has 3 rings (SSSR count). The maximum Gasteiger partial charge on any atom is 0.214 e. The lowest BCUT2D eigenvalue weighted by Gasteiger charge is -2.20. The van der Waals surface area contributed by atoms with Crippen LogP contribution in [0.2, 0.25) is 0 Å². The summed E-state index contributed by atoms with van der Waals surface area (Å²) in [5.74, 6) is 1.80. The predicted molar refractivity (Wildman–Crippen MR) is 109 cm³/mol. The zero-order valence-corrected chi connectivity index (χ0v) is 17.7. The fraction of sp³-hybridized carbons (Fsp3) is 0.450. The van der Waals surface area contributed by atoms with Crippen molar-refractivity contribution in [2.75, 3.05) is 26.5 Å². The van der Waals surface area contributed by atoms with E-state index in [9.17, 15) is 8.42 Å². The quantitative estimate of drug-likeness (QED) is 0.566. The highest BCUT2D eigenvalue weighted by Gasteiger charge is 2.25. The third-order valence-electron chi connectivity index (χ3n) is 4.53. The van der Waals surface area contributed by atoms with Crippen LogP contribution < -0.4 is 9.47 Å². The lowest BCUT2D eigenvalue weighted by atomic mass is 10.1. The first kappa shape index (κ1) is 20.4. The maximum atomic E-state index is 12.7. The summed E-state index contributed by atoms with van der Waals surface area (Å²) < 4.78 is 44.0. The number of pyridine rings is 1. The van der Waals surface area contributed by atoms with Crippen molar-refractivity contribution in [2.45, 2.75) is 27.3 Å². The number of sulfonamides is 1. The number of rotatable bonds is 8. The van der Waals surface area contributed by atoms with Gasteiger partial charge in [0.2, 0.25) is 10.0 Å². The van der Waals surface area contributed by atoms with Gasteiger partial charge in [-0.1, -0.05) is 20.8 Å². The van der Waals surface area contributed by atoms with Crippen molar-refractivity contribution in [3.63, 3.8) is 0 Å². The number of furan rings is 1. The van der Waals surface area contributed by atoms with Gasteiger partial charge in [-0.05, 0) is 24.1 Å². The van der Waals surface area contributed by atoms with Crippen LogP contribution >= 0.6 is 0 Å². The Kier molecular flexibility index (Phi) is 5.81. The molecule has 28 heavy (non-hydrogen) atoms. The van der Waals surface area contributed by atoms with Crippen molar-refractivity contribution in [3.8, 4) is 11.5 Å². The SMILES string of the molecule is CCN(Cc1cc2c(OC)c3ncccc3c(OC)c2o1)S(=O)(=O)CC(C)C. The molecule has 1 aromatic carbocycles. The van der Waals surface area contributed by atoms with Crippen LogP contribution in [0.25, 0.3) is 21.9 Å². The number of hydrogen-bond acceptors (Lipinski definition) is 6. The zero-order chi connectivity index (χ0) is 20.5. The van der Waals surface area contributed by atoms with Crippen LogP contribution in [0.4, 0.5) is 0 Å². The predicted octanol–water partition coefficient (Wildman–Crippen LogP) is 3.81. The van der Waals surface area contributed by atoms with Gasteiger partial charge in [0.25, 0.3) is 0 Å². The van der Waals surface area contributed by atoms with E-state index in [2.05, 4.69) is 4.98 Å². The van der Waals surface area contributed by atoms with Crippen molar-refractivity contribution in [1.29, 1.82) is 0 Å². The molecular formula is C20H26N2O5S. The molecule has 0 N–H and O–H groups in total. The third kappa shape index (κ3) is 3.66. The Morgan fingerprint density at radius 3 is 2.50 bits per heavy atom. The largest absolute Gasteiger partial charge is 0.494 e. The molecule has 152 valence electrons. The number of nitrogens with zero attached hydrogens (tertiary/aromatic N) is 2. The fourth-order valence-corrected chi connectivity index (χ4v) is 5.16. The summed E-state index contributed by atoms with van der Waals surface area (Å²) in [6.07, 6.45) is 1.69. The standard InChI is InChI=1S/C20H26N2O5S/c1-6-22(28(23,24)12-13(2)3)11-14-10-16-18(25-4)17-15(8-7-9-21-17)19(26-5)20(16)27-14/h7-10,13H,6,11-12H2,1-5H3. The highest BCUT2D eigenvalue weighted by atomic mass is 32.2. The Balaban J connectivity index is 2.13. The van der Waals surface area contributed by atoms with Crippen LogP contribution in [0.3, 0.4) is 0 Å². The van der Waals surface area contributed by atoms with Crippen molar-refractivity contribution in [3.05, 3.63) is 30.2 Å². The zero-order valence-electron chi connectivity index (χ0n) is 16.9. The molecule has 0 atom stereocenters. The molecule has 3 aromatic rings. The van der Waals surface area contributed by atoms with E-state index in [0.29, 0.717) is 40.3 Å². The molecule has 0 fully saturated rings. The molecule has 0 aliphatic heterocycles. The van der Waals surface area contributed by atoms with Crippen LogP contribution in [0.5, 0.6) is 11.5 Å². The van der Waals surface area contributed by atoms with Crippen LogP contribution in [0.1, 0.15) is 26.5 Å². The summed E-state index contributed by atoms with van der Waals surface area (Å²) in [4.78, 5) is 4.42. The first-order chi connectivity index (χ1) is 13.3. The second-order valence-corrected chi connectivity index (χ2v) is 9.03. The molecule has 0 radical (unpaired) electrons. The van der Waals surface area contributed by atoms with Gasteiger partial charge in [-0.15, -0.1) is 0 Å². The molecule has 7 nitrogen and oxygen atoms in total. The Hall–Kier alpha value is -2.32. The van der Waals surface area contributed by atoms with Crippen LogP contribution in [-0.2, 0) is 16.6 Å². The molecule has 0 saturated heterocycles. The number of fused-ring (bicyclic) bond motifs is 2. The van der Waals surface area contributed by atoms with Crippen molar-refractivity contribution < 1.29 is 22.3 Å². The molecule has 2 heterocycles. The van der Waals surface area contributed by atoms with E-state index in [1.54, 1.807) is 26.5 Å². The van der Waals surface area contributed by atoms with Crippen LogP contribution in [0, 0.1) is 5.92 Å². The van der Waals surface area contributed by atoms with Gasteiger partial charge < -0.3 is 13.9 Å². The topological polar surface area (TPSA) is 81.9 Å². The molecule has 8 heteroatoms. The minimum Gasteiger partial charge on any atom is -0.494 e. The first-order valence-corrected chi connectivity index (χ1v) is 10.8. The average molecular weight is 407 g/mol. The van der Waals surface area contributed by atoms with Crippen LogP contribution in [-0.4, -0.2) is 44.2 Å². The second-order valence-electron chi connectivity index (χ2n) is 7.02. The van der Waals surface area contributed by atoms with E-state index < -0.39 is 10.0 Å². The molecule has 0 aliphatic carbocycles. The molecule has 0 saturated carbocycles. The number of aromatic nitrogens is 1. The van der Waals surface area contributed by atoms with Gasteiger partial charge >= 0.3 is 0 Å². The van der Waals surface area contributed by atoms with E-state index in [0.717, 1.165) is 5.39 Å². The summed E-state index contributed by atoms with van der Waals surface area (Å²) in [6.45, 7) is 6.11. The van der Waals surface area contributed by atoms with Gasteiger partial charge in [0.05, 0.1) is 37.3 Å². The lowest BCUT2D eigenvalue weighted by molar-refractivity contribution is 0.374. The van der Waals surface area contributed by atoms with E-state index >= 15 is 0 Å². The Bertz CT molecular complexity index is 1030. The fourth-order valence-electron chi connectivity index (χ4n) is 3.39. The number of benzene rings is 1. The highest BCUT2D eigenvalue weighted by molar-refractivity contribution is 7.89. The molecule has 0 spiro atoms. The van der Waals surface area contributed by atoms with Gasteiger partial charge in [-0.25, -0.2) is 8.42 Å². The second kappa shape index (κ2) is 7.97. The monoisotopic (exact) mass is 406 g/mol. The first-order valence-electron chi connectivity index (χ1n) is 9.21. The number of ether oxygens (including phenoxy) is 2. The summed E-state index contributed by atoms with van der Waals surface area (Å²) in [5, 5.41) is 1.48.